The number of carbonyl (C=O) groups is 1. The van der Waals surface area contributed by atoms with Crippen LogP contribution >= 0.6 is 0 Å². The van der Waals surface area contributed by atoms with Crippen LogP contribution in [0.1, 0.15) is 42.7 Å². The highest BCUT2D eigenvalue weighted by molar-refractivity contribution is 7.89. The van der Waals surface area contributed by atoms with E-state index in [2.05, 4.69) is 0 Å². The zero-order chi connectivity index (χ0) is 15.0. The van der Waals surface area contributed by atoms with Gasteiger partial charge in [-0.15, -0.1) is 0 Å². The zero-order valence-corrected chi connectivity index (χ0v) is 12.5. The number of rotatable bonds is 3. The molecule has 2 aliphatic rings. The van der Waals surface area contributed by atoms with Crippen LogP contribution in [0.5, 0.6) is 0 Å². The Kier molecular flexibility index (Phi) is 3.79. The molecule has 7 heteroatoms. The smallest absolute Gasteiger partial charge is 0.371 e. The van der Waals surface area contributed by atoms with Crippen LogP contribution in [0.4, 0.5) is 0 Å². The number of piperidine rings is 1. The van der Waals surface area contributed by atoms with Gasteiger partial charge in [-0.05, 0) is 36.8 Å². The summed E-state index contributed by atoms with van der Waals surface area (Å²) in [6.45, 7) is 1.02. The molecule has 1 aliphatic heterocycles. The van der Waals surface area contributed by atoms with Crippen molar-refractivity contribution in [2.45, 2.75) is 37.2 Å². The van der Waals surface area contributed by atoms with E-state index in [0.29, 0.717) is 24.9 Å². The molecule has 2 unspecified atom stereocenters. The molecule has 0 spiro atoms. The first-order valence-electron chi connectivity index (χ1n) is 7.32. The molecule has 1 N–H and O–H groups in total. The number of aromatic carboxylic acids is 1. The van der Waals surface area contributed by atoms with E-state index in [1.165, 1.54) is 35.7 Å². The lowest BCUT2D eigenvalue weighted by molar-refractivity contribution is 0.0655. The van der Waals surface area contributed by atoms with Crippen LogP contribution in [0, 0.1) is 11.8 Å². The number of hydrogen-bond acceptors (Lipinski definition) is 4. The van der Waals surface area contributed by atoms with Crippen LogP contribution in [0.25, 0.3) is 0 Å². The molecule has 21 heavy (non-hydrogen) atoms. The second-order valence-corrected chi connectivity index (χ2v) is 7.75. The van der Waals surface area contributed by atoms with E-state index in [1.54, 1.807) is 0 Å². The summed E-state index contributed by atoms with van der Waals surface area (Å²) in [6.07, 6.45) is 5.57. The number of nitrogens with zero attached hydrogens (tertiary/aromatic N) is 1. The van der Waals surface area contributed by atoms with Gasteiger partial charge in [0.15, 0.2) is 0 Å². The van der Waals surface area contributed by atoms with Gasteiger partial charge in [-0.1, -0.05) is 19.3 Å². The van der Waals surface area contributed by atoms with Crippen molar-refractivity contribution in [1.82, 2.24) is 4.31 Å². The van der Waals surface area contributed by atoms with Gasteiger partial charge >= 0.3 is 5.97 Å². The maximum Gasteiger partial charge on any atom is 0.371 e. The fourth-order valence-electron chi connectivity index (χ4n) is 3.49. The van der Waals surface area contributed by atoms with E-state index < -0.39 is 16.0 Å². The summed E-state index contributed by atoms with van der Waals surface area (Å²) in [4.78, 5) is 10.8. The molecule has 1 aliphatic carbocycles. The van der Waals surface area contributed by atoms with Crippen LogP contribution in [-0.4, -0.2) is 36.9 Å². The maximum atomic E-state index is 12.5. The van der Waals surface area contributed by atoms with Crippen LogP contribution in [-0.2, 0) is 10.0 Å². The van der Waals surface area contributed by atoms with Gasteiger partial charge in [0.1, 0.15) is 0 Å². The van der Waals surface area contributed by atoms with Crippen LogP contribution in [0.15, 0.2) is 21.6 Å². The van der Waals surface area contributed by atoms with Gasteiger partial charge in [-0.3, -0.25) is 0 Å². The number of furan rings is 1. The van der Waals surface area contributed by atoms with Gasteiger partial charge in [0, 0.05) is 13.1 Å². The van der Waals surface area contributed by atoms with Crippen molar-refractivity contribution in [3.8, 4) is 0 Å². The minimum absolute atomic E-state index is 0.269. The minimum atomic E-state index is -3.72. The molecule has 1 aromatic heterocycles. The van der Waals surface area contributed by atoms with E-state index in [1.807, 2.05) is 0 Å². The lowest BCUT2D eigenvalue weighted by Gasteiger charge is -2.40. The number of carboxylic acid groups (broad SMARTS) is 1. The van der Waals surface area contributed by atoms with Gasteiger partial charge in [0.2, 0.25) is 10.9 Å². The largest absolute Gasteiger partial charge is 0.475 e. The van der Waals surface area contributed by atoms with Crippen molar-refractivity contribution in [2.24, 2.45) is 11.8 Å². The molecule has 0 radical (unpaired) electrons. The fraction of sp³-hybridized carbons (Fsp3) is 0.643. The molecule has 1 saturated heterocycles. The Labute approximate surface area is 123 Å². The Morgan fingerprint density at radius 1 is 1.19 bits per heavy atom. The monoisotopic (exact) mass is 313 g/mol. The number of fused-ring (bicyclic) bond motifs is 1. The van der Waals surface area contributed by atoms with Crippen LogP contribution in [0.3, 0.4) is 0 Å². The zero-order valence-electron chi connectivity index (χ0n) is 11.7. The quantitative estimate of drug-likeness (QED) is 0.924. The summed E-state index contributed by atoms with van der Waals surface area (Å²) in [7, 11) is -3.72. The first-order chi connectivity index (χ1) is 9.98. The molecule has 116 valence electrons. The SMILES string of the molecule is O=C(O)c1ccc(S(=O)(=O)N2CCC3CCCCC3C2)o1. The summed E-state index contributed by atoms with van der Waals surface area (Å²) < 4.78 is 31.5. The number of sulfonamides is 1. The van der Waals surface area contributed by atoms with Gasteiger partial charge in [-0.25, -0.2) is 13.2 Å². The second kappa shape index (κ2) is 5.46. The first-order valence-corrected chi connectivity index (χ1v) is 8.76. The summed E-state index contributed by atoms with van der Waals surface area (Å²) in [5, 5.41) is 8.56. The lowest BCUT2D eigenvalue weighted by atomic mass is 9.76. The molecule has 0 bridgehead atoms. The van der Waals surface area contributed by atoms with Crippen molar-refractivity contribution < 1.29 is 22.7 Å². The number of hydrogen-bond donors (Lipinski definition) is 1. The molecule has 0 aromatic carbocycles. The van der Waals surface area contributed by atoms with Gasteiger partial charge < -0.3 is 9.52 Å². The van der Waals surface area contributed by atoms with Crippen molar-refractivity contribution in [2.75, 3.05) is 13.1 Å². The van der Waals surface area contributed by atoms with Gasteiger partial charge in [0.25, 0.3) is 10.0 Å². The van der Waals surface area contributed by atoms with Gasteiger partial charge in [0.05, 0.1) is 0 Å². The standard InChI is InChI=1S/C14H19NO5S/c16-14(17)12-5-6-13(20-12)21(18,19)15-8-7-10-3-1-2-4-11(10)9-15/h5-6,10-11H,1-4,7-9H2,(H,16,17). The average molecular weight is 313 g/mol. The summed E-state index contributed by atoms with van der Waals surface area (Å²) in [5.41, 5.74) is 0. The molecule has 1 saturated carbocycles. The van der Waals surface area contributed by atoms with Gasteiger partial charge in [-0.2, -0.15) is 4.31 Å². The Bertz CT molecular complexity index is 636. The third-order valence-electron chi connectivity index (χ3n) is 4.64. The van der Waals surface area contributed by atoms with E-state index in [-0.39, 0.29) is 10.9 Å². The minimum Gasteiger partial charge on any atom is -0.475 e. The molecule has 2 atom stereocenters. The third-order valence-corrected chi connectivity index (χ3v) is 6.38. The van der Waals surface area contributed by atoms with E-state index >= 15 is 0 Å². The van der Waals surface area contributed by atoms with E-state index in [9.17, 15) is 13.2 Å². The fourth-order valence-corrected chi connectivity index (χ4v) is 4.91. The van der Waals surface area contributed by atoms with E-state index in [4.69, 9.17) is 9.52 Å². The third kappa shape index (κ3) is 2.72. The highest BCUT2D eigenvalue weighted by Crippen LogP contribution is 2.37. The molecular formula is C14H19NO5S. The van der Waals surface area contributed by atoms with Crippen molar-refractivity contribution >= 4 is 16.0 Å². The maximum absolute atomic E-state index is 12.5. The van der Waals surface area contributed by atoms with E-state index in [0.717, 1.165) is 12.8 Å². The average Bonchev–Trinajstić information content (AvgIpc) is 2.97. The molecule has 3 rings (SSSR count). The molecular weight excluding hydrogens is 294 g/mol. The lowest BCUT2D eigenvalue weighted by Crippen LogP contribution is -2.44. The molecule has 2 heterocycles. The van der Waals surface area contributed by atoms with Crippen molar-refractivity contribution in [3.63, 3.8) is 0 Å². The predicted octanol–water partition coefficient (Wildman–Crippen LogP) is 2.18. The normalized spacial score (nSPS) is 27.2. The summed E-state index contributed by atoms with van der Waals surface area (Å²) >= 11 is 0. The Morgan fingerprint density at radius 2 is 1.90 bits per heavy atom. The summed E-state index contributed by atoms with van der Waals surface area (Å²) in [6, 6.07) is 2.41. The highest BCUT2D eigenvalue weighted by Gasteiger charge is 2.37. The molecule has 2 fully saturated rings. The second-order valence-electron chi connectivity index (χ2n) is 5.88. The molecule has 0 amide bonds. The Balaban J connectivity index is 1.79. The highest BCUT2D eigenvalue weighted by atomic mass is 32.2. The molecule has 1 aromatic rings. The molecule has 6 nitrogen and oxygen atoms in total. The van der Waals surface area contributed by atoms with Crippen LogP contribution < -0.4 is 0 Å². The number of carboxylic acids is 1. The van der Waals surface area contributed by atoms with Crippen molar-refractivity contribution in [3.05, 3.63) is 17.9 Å². The predicted molar refractivity (Wildman–Crippen MR) is 74.5 cm³/mol. The van der Waals surface area contributed by atoms with Crippen molar-refractivity contribution in [1.29, 1.82) is 0 Å². The first kappa shape index (κ1) is 14.6. The summed E-state index contributed by atoms with van der Waals surface area (Å²) in [5.74, 6) is -0.545. The Hall–Kier alpha value is -1.34. The van der Waals surface area contributed by atoms with Crippen LogP contribution in [0.2, 0.25) is 0 Å². The Morgan fingerprint density at radius 3 is 2.57 bits per heavy atom. The topological polar surface area (TPSA) is 87.8 Å².